The molecule has 7 aliphatic carbocycles. The average molecular weight is 557 g/mol. The second kappa shape index (κ2) is 9.55. The summed E-state index contributed by atoms with van der Waals surface area (Å²) in [6.07, 6.45) is 36.1. The minimum Gasteiger partial charge on any atom is -0.0839 e. The first kappa shape index (κ1) is 25.6. The fourth-order valence-electron chi connectivity index (χ4n) is 9.16. The van der Waals surface area contributed by atoms with Gasteiger partial charge >= 0.3 is 0 Å². The molecule has 0 saturated heterocycles. The van der Waals surface area contributed by atoms with Crippen LogP contribution in [0.25, 0.3) is 21.9 Å². The van der Waals surface area contributed by atoms with E-state index >= 15 is 0 Å². The van der Waals surface area contributed by atoms with Gasteiger partial charge in [0.05, 0.1) is 0 Å². The first-order chi connectivity index (χ1) is 21.1. The largest absolute Gasteiger partial charge is 0.0839 e. The van der Waals surface area contributed by atoms with E-state index in [2.05, 4.69) is 111 Å². The molecule has 9 rings (SSSR count). The Labute approximate surface area is 256 Å². The van der Waals surface area contributed by atoms with E-state index in [1.807, 2.05) is 0 Å². The topological polar surface area (TPSA) is 0 Å². The maximum atomic E-state index is 2.60. The average Bonchev–Trinajstić information content (AvgIpc) is 3.30. The summed E-state index contributed by atoms with van der Waals surface area (Å²) >= 11 is 0. The van der Waals surface area contributed by atoms with Crippen molar-refractivity contribution in [3.63, 3.8) is 0 Å². The Morgan fingerprint density at radius 3 is 2.14 bits per heavy atom. The highest BCUT2D eigenvalue weighted by molar-refractivity contribution is 6.06. The Bertz CT molecular complexity index is 1930. The molecular formula is C43H40. The van der Waals surface area contributed by atoms with Crippen LogP contribution in [0.1, 0.15) is 81.9 Å². The molecule has 0 heteroatoms. The predicted octanol–water partition coefficient (Wildman–Crippen LogP) is 11.4. The molecule has 212 valence electrons. The second-order valence-corrected chi connectivity index (χ2v) is 14.1. The van der Waals surface area contributed by atoms with Crippen LogP contribution in [0.3, 0.4) is 0 Å². The summed E-state index contributed by atoms with van der Waals surface area (Å²) in [5, 5.41) is 2.86. The van der Waals surface area contributed by atoms with Gasteiger partial charge in [0.25, 0.3) is 0 Å². The molecule has 0 saturated carbocycles. The molecule has 0 aliphatic heterocycles. The van der Waals surface area contributed by atoms with Crippen molar-refractivity contribution in [3.05, 3.63) is 153 Å². The Morgan fingerprint density at radius 2 is 1.33 bits per heavy atom. The van der Waals surface area contributed by atoms with E-state index in [4.69, 9.17) is 0 Å². The quantitative estimate of drug-likeness (QED) is 0.345. The number of hydrogen-bond acceptors (Lipinski definition) is 0. The standard InChI is InChI=1S/C43H40/c1-43(2)39-22-21-28-10-5-6-12-35(28)41(39)42-37-14-8-7-13-36(37)38(26-40(42)43)34-20-19-32-24-31(17-18-33(32)25-34)30-16-15-27-9-3-4-11-29(27)23-30/h3,5-10,12-14,21-26,28,35H,4,11,15-20H2,1-2H3. The van der Waals surface area contributed by atoms with E-state index < -0.39 is 0 Å². The van der Waals surface area contributed by atoms with Crippen molar-refractivity contribution in [1.82, 2.24) is 0 Å². The van der Waals surface area contributed by atoms with Crippen LogP contribution in [0.2, 0.25) is 0 Å². The molecule has 43 heavy (non-hydrogen) atoms. The molecule has 0 spiro atoms. The summed E-state index contributed by atoms with van der Waals surface area (Å²) in [5.41, 5.74) is 18.7. The van der Waals surface area contributed by atoms with Crippen LogP contribution in [0.4, 0.5) is 0 Å². The summed E-state index contributed by atoms with van der Waals surface area (Å²) in [5.74, 6) is 0.892. The third kappa shape index (κ3) is 3.88. The van der Waals surface area contributed by atoms with Crippen LogP contribution in [0.15, 0.2) is 136 Å². The van der Waals surface area contributed by atoms with Gasteiger partial charge < -0.3 is 0 Å². The molecule has 0 heterocycles. The van der Waals surface area contributed by atoms with E-state index in [9.17, 15) is 0 Å². The maximum absolute atomic E-state index is 2.60. The fourth-order valence-corrected chi connectivity index (χ4v) is 9.16. The first-order valence-corrected chi connectivity index (χ1v) is 16.6. The number of rotatable bonds is 2. The van der Waals surface area contributed by atoms with E-state index in [0.717, 1.165) is 12.8 Å². The van der Waals surface area contributed by atoms with E-state index in [-0.39, 0.29) is 5.41 Å². The van der Waals surface area contributed by atoms with E-state index in [1.165, 1.54) is 77.1 Å². The summed E-state index contributed by atoms with van der Waals surface area (Å²) < 4.78 is 0. The zero-order valence-electron chi connectivity index (χ0n) is 25.5. The Balaban J connectivity index is 1.13. The Kier molecular flexibility index (Phi) is 5.68. The smallest absolute Gasteiger partial charge is 0.0156 e. The molecule has 7 aliphatic rings. The Morgan fingerprint density at radius 1 is 0.651 bits per heavy atom. The highest BCUT2D eigenvalue weighted by atomic mass is 14.5. The van der Waals surface area contributed by atoms with Crippen molar-refractivity contribution >= 4 is 21.9 Å². The lowest BCUT2D eigenvalue weighted by Gasteiger charge is -2.30. The van der Waals surface area contributed by atoms with Gasteiger partial charge in [-0.3, -0.25) is 0 Å². The normalized spacial score (nSPS) is 26.5. The van der Waals surface area contributed by atoms with Crippen molar-refractivity contribution in [3.8, 4) is 0 Å². The summed E-state index contributed by atoms with van der Waals surface area (Å²) in [4.78, 5) is 0. The third-order valence-corrected chi connectivity index (χ3v) is 11.5. The SMILES string of the molecule is CC1(C)C2=C(c3c1cc(C1=CC4=C(C=C(C5=CC6=C(C=CCC6)CC5)CC4)CC1)c1ccccc31)C1C=CC=CC1C=C2. The van der Waals surface area contributed by atoms with Crippen molar-refractivity contribution in [2.24, 2.45) is 11.8 Å². The molecule has 0 radical (unpaired) electrons. The van der Waals surface area contributed by atoms with Crippen molar-refractivity contribution in [2.45, 2.75) is 70.6 Å². The molecule has 2 unspecified atom stereocenters. The van der Waals surface area contributed by atoms with Gasteiger partial charge in [-0.05, 0) is 135 Å². The zero-order valence-corrected chi connectivity index (χ0v) is 25.5. The molecule has 2 aromatic carbocycles. The highest BCUT2D eigenvalue weighted by Gasteiger charge is 2.43. The molecular weight excluding hydrogens is 516 g/mol. The van der Waals surface area contributed by atoms with Crippen molar-refractivity contribution < 1.29 is 0 Å². The molecule has 0 fully saturated rings. The minimum atomic E-state index is -0.000792. The van der Waals surface area contributed by atoms with Gasteiger partial charge in [0.15, 0.2) is 0 Å². The lowest BCUT2D eigenvalue weighted by atomic mass is 9.73. The van der Waals surface area contributed by atoms with Gasteiger partial charge in [0, 0.05) is 17.3 Å². The number of allylic oxidation sites excluding steroid dienone is 20. The van der Waals surface area contributed by atoms with Crippen LogP contribution >= 0.6 is 0 Å². The number of hydrogen-bond donors (Lipinski definition) is 0. The van der Waals surface area contributed by atoms with E-state index in [0.29, 0.717) is 11.8 Å². The molecule has 0 bridgehead atoms. The second-order valence-electron chi connectivity index (χ2n) is 14.1. The van der Waals surface area contributed by atoms with Gasteiger partial charge in [-0.25, -0.2) is 0 Å². The van der Waals surface area contributed by atoms with Crippen LogP contribution in [-0.4, -0.2) is 0 Å². The first-order valence-electron chi connectivity index (χ1n) is 16.6. The monoisotopic (exact) mass is 556 g/mol. The van der Waals surface area contributed by atoms with Crippen LogP contribution in [0.5, 0.6) is 0 Å². The lowest BCUT2D eigenvalue weighted by molar-refractivity contribution is 0.628. The number of fused-ring (bicyclic) bond motifs is 6. The van der Waals surface area contributed by atoms with Gasteiger partial charge in [-0.1, -0.05) is 105 Å². The maximum Gasteiger partial charge on any atom is 0.0156 e. The van der Waals surface area contributed by atoms with Crippen molar-refractivity contribution in [2.75, 3.05) is 0 Å². The Hall–Kier alpha value is -3.90. The molecule has 2 aromatic rings. The van der Waals surface area contributed by atoms with Gasteiger partial charge in [0.1, 0.15) is 0 Å². The van der Waals surface area contributed by atoms with E-state index in [1.54, 1.807) is 39.0 Å². The van der Waals surface area contributed by atoms with Crippen LogP contribution in [0, 0.1) is 11.8 Å². The zero-order chi connectivity index (χ0) is 28.7. The van der Waals surface area contributed by atoms with Crippen LogP contribution < -0.4 is 0 Å². The molecule has 0 aromatic heterocycles. The molecule has 0 amide bonds. The summed E-state index contributed by atoms with van der Waals surface area (Å²) in [7, 11) is 0. The predicted molar refractivity (Wildman–Crippen MR) is 183 cm³/mol. The van der Waals surface area contributed by atoms with Gasteiger partial charge in [-0.2, -0.15) is 0 Å². The third-order valence-electron chi connectivity index (χ3n) is 11.5. The van der Waals surface area contributed by atoms with Crippen molar-refractivity contribution in [1.29, 1.82) is 0 Å². The molecule has 2 atom stereocenters. The lowest BCUT2D eigenvalue weighted by Crippen LogP contribution is -2.20. The fraction of sp³-hybridized carbons (Fsp3) is 0.302. The highest BCUT2D eigenvalue weighted by Crippen LogP contribution is 2.57. The summed E-state index contributed by atoms with van der Waals surface area (Å²) in [6.45, 7) is 4.90. The van der Waals surface area contributed by atoms with Crippen LogP contribution in [-0.2, 0) is 5.41 Å². The summed E-state index contributed by atoms with van der Waals surface area (Å²) in [6, 6.07) is 11.9. The van der Waals surface area contributed by atoms with Gasteiger partial charge in [0.2, 0.25) is 0 Å². The molecule has 0 nitrogen and oxygen atoms in total. The molecule has 0 N–H and O–H groups in total. The van der Waals surface area contributed by atoms with Gasteiger partial charge in [-0.15, -0.1) is 0 Å². The minimum absolute atomic E-state index is 0.000792. The number of benzene rings is 2.